The number of rotatable bonds is 2. The molecule has 2 N–H and O–H groups in total. The van der Waals surface area contributed by atoms with Crippen LogP contribution in [-0.4, -0.2) is 4.57 Å². The number of nitrogens with zero attached hydrogens (tertiary/aromatic N) is 2. The van der Waals surface area contributed by atoms with Crippen molar-refractivity contribution >= 4 is 21.6 Å². The average Bonchev–Trinajstić information content (AvgIpc) is 2.58. The fourth-order valence-corrected chi connectivity index (χ4v) is 2.54. The molecule has 74 valence electrons. The Morgan fingerprint density at radius 3 is 2.93 bits per heavy atom. The van der Waals surface area contributed by atoms with Crippen molar-refractivity contribution in [2.75, 3.05) is 0 Å². The first kappa shape index (κ1) is 9.27. The van der Waals surface area contributed by atoms with E-state index in [4.69, 9.17) is 5.84 Å². The van der Waals surface area contributed by atoms with E-state index in [1.165, 1.54) is 10.2 Å². The smallest absolute Gasteiger partial charge is 0.208 e. The number of aryl methyl sites for hydroxylation is 1. The van der Waals surface area contributed by atoms with Crippen LogP contribution in [-0.2, 0) is 6.54 Å². The molecule has 2 rings (SSSR count). The van der Waals surface area contributed by atoms with E-state index in [0.717, 1.165) is 17.8 Å². The van der Waals surface area contributed by atoms with Crippen molar-refractivity contribution in [3.05, 3.63) is 29.1 Å². The number of benzene rings is 1. The van der Waals surface area contributed by atoms with Gasteiger partial charge in [-0.25, -0.2) is 0 Å². The number of hydrogen-bond acceptors (Lipinski definition) is 3. The van der Waals surface area contributed by atoms with Crippen LogP contribution in [0, 0.1) is 0 Å². The quantitative estimate of drug-likeness (QED) is 0.593. The number of thiazole rings is 1. The highest BCUT2D eigenvalue weighted by atomic mass is 32.1. The number of para-hydroxylation sites is 1. The van der Waals surface area contributed by atoms with Crippen molar-refractivity contribution < 1.29 is 0 Å². The molecular formula is C10H13N3S. The molecule has 14 heavy (non-hydrogen) atoms. The highest BCUT2D eigenvalue weighted by Crippen LogP contribution is 2.16. The molecule has 2 aromatic rings. The first-order chi connectivity index (χ1) is 6.86. The summed E-state index contributed by atoms with van der Waals surface area (Å²) in [6.07, 6.45) is 1.09. The van der Waals surface area contributed by atoms with E-state index in [1.807, 2.05) is 12.1 Å². The molecule has 0 unspecified atom stereocenters. The van der Waals surface area contributed by atoms with Crippen molar-refractivity contribution in [3.63, 3.8) is 0 Å². The minimum absolute atomic E-state index is 0.896. The zero-order chi connectivity index (χ0) is 9.97. The first-order valence-corrected chi connectivity index (χ1v) is 5.50. The van der Waals surface area contributed by atoms with Crippen molar-refractivity contribution in [1.29, 1.82) is 0 Å². The summed E-state index contributed by atoms with van der Waals surface area (Å²) in [7, 11) is 0. The van der Waals surface area contributed by atoms with Gasteiger partial charge in [-0.1, -0.05) is 30.4 Å². The van der Waals surface area contributed by atoms with Crippen LogP contribution in [0.25, 0.3) is 10.2 Å². The summed E-state index contributed by atoms with van der Waals surface area (Å²) < 4.78 is 3.41. The average molecular weight is 207 g/mol. The lowest BCUT2D eigenvalue weighted by molar-refractivity contribution is 0.677. The largest absolute Gasteiger partial charge is 0.320 e. The monoisotopic (exact) mass is 207 g/mol. The second kappa shape index (κ2) is 3.84. The Labute approximate surface area is 86.5 Å². The van der Waals surface area contributed by atoms with Crippen LogP contribution >= 0.6 is 11.3 Å². The third kappa shape index (κ3) is 1.42. The Balaban J connectivity index is 2.75. The molecule has 1 heterocycles. The third-order valence-corrected chi connectivity index (χ3v) is 3.22. The van der Waals surface area contributed by atoms with Gasteiger partial charge in [0.2, 0.25) is 4.80 Å². The standard InChI is InChI=1S/C10H13N3S/c1-2-7-13-8-5-3-4-6-9(8)14-10(13)12-11/h3-6H,2,7,11H2,1H3/b12-10-. The van der Waals surface area contributed by atoms with E-state index in [9.17, 15) is 0 Å². The lowest BCUT2D eigenvalue weighted by Gasteiger charge is -2.00. The van der Waals surface area contributed by atoms with E-state index < -0.39 is 0 Å². The highest BCUT2D eigenvalue weighted by Gasteiger charge is 2.03. The van der Waals surface area contributed by atoms with Gasteiger partial charge in [0.1, 0.15) is 0 Å². The van der Waals surface area contributed by atoms with E-state index in [-0.39, 0.29) is 0 Å². The van der Waals surface area contributed by atoms with Gasteiger partial charge >= 0.3 is 0 Å². The van der Waals surface area contributed by atoms with Gasteiger partial charge in [0, 0.05) is 6.54 Å². The SMILES string of the molecule is CCCn1/c(=N/N)sc2ccccc21. The minimum Gasteiger partial charge on any atom is -0.320 e. The maximum absolute atomic E-state index is 5.36. The van der Waals surface area contributed by atoms with Gasteiger partial charge in [-0.05, 0) is 18.6 Å². The predicted octanol–water partition coefficient (Wildman–Crippen LogP) is 1.89. The number of nitrogens with two attached hydrogens (primary N) is 1. The molecule has 0 atom stereocenters. The zero-order valence-corrected chi connectivity index (χ0v) is 8.92. The fraction of sp³-hybridized carbons (Fsp3) is 0.300. The van der Waals surface area contributed by atoms with Gasteiger partial charge in [0.25, 0.3) is 0 Å². The van der Waals surface area contributed by atoms with Crippen LogP contribution in [0.2, 0.25) is 0 Å². The van der Waals surface area contributed by atoms with Gasteiger partial charge in [-0.15, -0.1) is 0 Å². The summed E-state index contributed by atoms with van der Waals surface area (Å²) in [5.41, 5.74) is 1.23. The molecule has 0 amide bonds. The van der Waals surface area contributed by atoms with Crippen LogP contribution in [0.15, 0.2) is 29.4 Å². The van der Waals surface area contributed by atoms with Crippen LogP contribution in [0.3, 0.4) is 0 Å². The summed E-state index contributed by atoms with van der Waals surface area (Å²) in [5, 5.41) is 3.81. The molecule has 3 nitrogen and oxygen atoms in total. The molecule has 0 aliphatic rings. The Kier molecular flexibility index (Phi) is 2.54. The van der Waals surface area contributed by atoms with Crippen molar-refractivity contribution in [3.8, 4) is 0 Å². The maximum Gasteiger partial charge on any atom is 0.208 e. The van der Waals surface area contributed by atoms with Crippen molar-refractivity contribution in [1.82, 2.24) is 4.57 Å². The van der Waals surface area contributed by atoms with Gasteiger partial charge < -0.3 is 10.4 Å². The van der Waals surface area contributed by atoms with E-state index in [1.54, 1.807) is 11.3 Å². The number of fused-ring (bicyclic) bond motifs is 1. The van der Waals surface area contributed by atoms with E-state index in [2.05, 4.69) is 28.7 Å². The molecule has 0 aliphatic heterocycles. The molecule has 1 aromatic heterocycles. The Bertz CT molecular complexity index is 495. The van der Waals surface area contributed by atoms with Gasteiger partial charge in [-0.2, -0.15) is 5.10 Å². The second-order valence-electron chi connectivity index (χ2n) is 3.13. The van der Waals surface area contributed by atoms with Gasteiger partial charge in [0.15, 0.2) is 0 Å². The molecule has 1 aromatic carbocycles. The molecule has 0 bridgehead atoms. The zero-order valence-electron chi connectivity index (χ0n) is 8.10. The van der Waals surface area contributed by atoms with Crippen LogP contribution in [0.5, 0.6) is 0 Å². The molecular weight excluding hydrogens is 194 g/mol. The predicted molar refractivity (Wildman–Crippen MR) is 59.9 cm³/mol. The number of aromatic nitrogens is 1. The second-order valence-corrected chi connectivity index (χ2v) is 4.14. The fourth-order valence-electron chi connectivity index (χ4n) is 1.56. The van der Waals surface area contributed by atoms with Crippen LogP contribution < -0.4 is 10.6 Å². The van der Waals surface area contributed by atoms with E-state index in [0.29, 0.717) is 0 Å². The maximum atomic E-state index is 5.36. The topological polar surface area (TPSA) is 43.3 Å². The summed E-state index contributed by atoms with van der Waals surface area (Å²) in [5.74, 6) is 5.36. The summed E-state index contributed by atoms with van der Waals surface area (Å²) in [6.45, 7) is 3.12. The summed E-state index contributed by atoms with van der Waals surface area (Å²) in [6, 6.07) is 8.29. The molecule has 0 radical (unpaired) electrons. The summed E-state index contributed by atoms with van der Waals surface area (Å²) >= 11 is 1.64. The van der Waals surface area contributed by atoms with Crippen LogP contribution in [0.1, 0.15) is 13.3 Å². The molecule has 0 fully saturated rings. The molecule has 0 spiro atoms. The Morgan fingerprint density at radius 2 is 2.21 bits per heavy atom. The van der Waals surface area contributed by atoms with Gasteiger partial charge in [-0.3, -0.25) is 0 Å². The third-order valence-electron chi connectivity index (χ3n) is 2.15. The molecule has 4 heteroatoms. The molecule has 0 aliphatic carbocycles. The lowest BCUT2D eigenvalue weighted by Crippen LogP contribution is -2.16. The molecule has 0 saturated heterocycles. The van der Waals surface area contributed by atoms with Crippen LogP contribution in [0.4, 0.5) is 0 Å². The van der Waals surface area contributed by atoms with Gasteiger partial charge in [0.05, 0.1) is 10.2 Å². The lowest BCUT2D eigenvalue weighted by atomic mass is 10.3. The first-order valence-electron chi connectivity index (χ1n) is 4.69. The van der Waals surface area contributed by atoms with Crippen molar-refractivity contribution in [2.45, 2.75) is 19.9 Å². The van der Waals surface area contributed by atoms with E-state index >= 15 is 0 Å². The summed E-state index contributed by atoms with van der Waals surface area (Å²) in [4.78, 5) is 0.896. The number of hydrogen-bond donors (Lipinski definition) is 1. The Hall–Kier alpha value is -1.29. The molecule has 0 saturated carbocycles. The minimum atomic E-state index is 0.896. The highest BCUT2D eigenvalue weighted by molar-refractivity contribution is 7.16. The van der Waals surface area contributed by atoms with Crippen molar-refractivity contribution in [2.24, 2.45) is 10.9 Å². The Morgan fingerprint density at radius 1 is 1.43 bits per heavy atom. The normalized spacial score (nSPS) is 12.5.